The van der Waals surface area contributed by atoms with Gasteiger partial charge in [-0.05, 0) is 19.4 Å². The maximum atomic E-state index is 12.1. The van der Waals surface area contributed by atoms with Gasteiger partial charge in [-0.1, -0.05) is 42.7 Å². The third-order valence-electron chi connectivity index (χ3n) is 3.62. The molecule has 0 aliphatic heterocycles. The van der Waals surface area contributed by atoms with E-state index in [1.54, 1.807) is 34.0 Å². The number of aromatic nitrogens is 2. The molecule has 2 heterocycles. The molecule has 0 spiro atoms. The summed E-state index contributed by atoms with van der Waals surface area (Å²) < 4.78 is 1.39. The second-order valence-electron chi connectivity index (χ2n) is 6.69. The summed E-state index contributed by atoms with van der Waals surface area (Å²) in [6, 6.07) is 0. The van der Waals surface area contributed by atoms with Crippen molar-refractivity contribution in [2.75, 3.05) is 0 Å². The topological polar surface area (TPSA) is 75.1 Å². The molecule has 0 unspecified atom stereocenters. The molecule has 0 bridgehead atoms. The molecule has 2 N–H and O–H groups in total. The van der Waals surface area contributed by atoms with Crippen LogP contribution in [0.15, 0.2) is 11.0 Å². The Labute approximate surface area is 171 Å². The van der Waals surface area contributed by atoms with Gasteiger partial charge >= 0.3 is 31.1 Å². The maximum Gasteiger partial charge on any atom is 2.00 e. The fourth-order valence-electron chi connectivity index (χ4n) is 2.11. The van der Waals surface area contributed by atoms with E-state index in [1.807, 2.05) is 6.29 Å². The molecule has 0 amide bonds. The Morgan fingerprint density at radius 2 is 2.00 bits per heavy atom. The Bertz CT molecular complexity index is 888. The number of fused-ring (bicyclic) bond motifs is 1. The minimum atomic E-state index is -1.16. The van der Waals surface area contributed by atoms with E-state index in [4.69, 9.17) is 0 Å². The average molecular weight is 564 g/mol. The Kier molecular flexibility index (Phi) is 7.32. The predicted molar refractivity (Wildman–Crippen MR) is 94.3 cm³/mol. The van der Waals surface area contributed by atoms with Gasteiger partial charge in [-0.3, -0.25) is 4.79 Å². The number of nitrogens with zero attached hydrogens (tertiary/aromatic N) is 1. The number of H-pyrrole nitrogens is 1. The first-order valence-corrected chi connectivity index (χ1v) is 7.82. The van der Waals surface area contributed by atoms with Crippen molar-refractivity contribution in [3.05, 3.63) is 40.3 Å². The van der Waals surface area contributed by atoms with Crippen molar-refractivity contribution in [1.82, 2.24) is 9.55 Å². The van der Waals surface area contributed by atoms with Crippen molar-refractivity contribution in [3.8, 4) is 11.8 Å². The number of aliphatic hydroxyl groups is 1. The van der Waals surface area contributed by atoms with E-state index in [0.29, 0.717) is 27.7 Å². The molecule has 0 radical (unpaired) electrons. The molecule has 130 valence electrons. The SMILES string of the molecule is Cc1[nH]c2c(=O)n(C)cc(C#CC(C)(C)O)c2c1[C-]=O.[CH2-]C1CC1.[U+2]. The first-order chi connectivity index (χ1) is 11.1. The van der Waals surface area contributed by atoms with Crippen LogP contribution in [0.4, 0.5) is 0 Å². The third kappa shape index (κ3) is 5.61. The van der Waals surface area contributed by atoms with Crippen LogP contribution in [0.2, 0.25) is 0 Å². The van der Waals surface area contributed by atoms with Crippen LogP contribution >= 0.6 is 0 Å². The van der Waals surface area contributed by atoms with E-state index in [1.165, 1.54) is 17.4 Å². The fraction of sp³-hybridized carbons (Fsp3) is 0.421. The van der Waals surface area contributed by atoms with Gasteiger partial charge in [0, 0.05) is 18.8 Å². The predicted octanol–water partition coefficient (Wildman–Crippen LogP) is 1.99. The molecule has 2 aromatic heterocycles. The molecule has 1 saturated carbocycles. The molecule has 5 nitrogen and oxygen atoms in total. The van der Waals surface area contributed by atoms with E-state index in [-0.39, 0.29) is 36.7 Å². The molecule has 6 heteroatoms. The Morgan fingerprint density at radius 1 is 1.44 bits per heavy atom. The zero-order valence-corrected chi connectivity index (χ0v) is 19.2. The minimum Gasteiger partial charge on any atom is -0.417 e. The van der Waals surface area contributed by atoms with Crippen molar-refractivity contribution >= 4 is 17.2 Å². The van der Waals surface area contributed by atoms with Crippen LogP contribution in [-0.4, -0.2) is 26.5 Å². The van der Waals surface area contributed by atoms with Crippen molar-refractivity contribution < 1.29 is 41.0 Å². The number of aromatic amines is 1. The van der Waals surface area contributed by atoms with Gasteiger partial charge in [0.05, 0.1) is 6.29 Å². The zero-order chi connectivity index (χ0) is 18.1. The van der Waals surface area contributed by atoms with Gasteiger partial charge in [0.1, 0.15) is 5.60 Å². The largest absolute Gasteiger partial charge is 2.00 e. The smallest absolute Gasteiger partial charge is 0.417 e. The molecule has 0 saturated heterocycles. The fourth-order valence-corrected chi connectivity index (χ4v) is 2.11. The maximum absolute atomic E-state index is 12.1. The number of hydrogen-bond donors (Lipinski definition) is 2. The number of nitrogens with one attached hydrogen (secondary N) is 1. The minimum absolute atomic E-state index is 0. The van der Waals surface area contributed by atoms with Crippen molar-refractivity contribution in [2.45, 2.75) is 39.2 Å². The summed E-state index contributed by atoms with van der Waals surface area (Å²) in [6.07, 6.45) is 6.15. The van der Waals surface area contributed by atoms with E-state index in [0.717, 1.165) is 5.92 Å². The standard InChI is InChI=1S/C15H15N2O3.C4H7.U/c1-9-11(8-18)12-10(5-6-15(2,3)20)7-17(4)14(19)13(12)16-9;1-4-2-3-4;/h7,16,20H,1-4H3;4H,1-3H2;/q2*-1;+2. The van der Waals surface area contributed by atoms with Crippen LogP contribution in [0, 0.1) is 62.7 Å². The molecular formula is C19H22N2O3U. The van der Waals surface area contributed by atoms with Crippen LogP contribution < -0.4 is 5.56 Å². The first-order valence-electron chi connectivity index (χ1n) is 7.82. The van der Waals surface area contributed by atoms with Crippen molar-refractivity contribution in [1.29, 1.82) is 0 Å². The van der Waals surface area contributed by atoms with Crippen LogP contribution in [0.5, 0.6) is 0 Å². The summed E-state index contributed by atoms with van der Waals surface area (Å²) in [5.41, 5.74) is 0.316. The molecule has 1 aliphatic carbocycles. The molecule has 25 heavy (non-hydrogen) atoms. The van der Waals surface area contributed by atoms with Crippen LogP contribution in [0.3, 0.4) is 0 Å². The quantitative estimate of drug-likeness (QED) is 0.411. The van der Waals surface area contributed by atoms with Gasteiger partial charge in [-0.25, -0.2) is 0 Å². The zero-order valence-electron chi connectivity index (χ0n) is 15.0. The van der Waals surface area contributed by atoms with Gasteiger partial charge in [0.15, 0.2) is 0 Å². The van der Waals surface area contributed by atoms with Crippen molar-refractivity contribution in [2.24, 2.45) is 13.0 Å². The number of hydrogen-bond acceptors (Lipinski definition) is 3. The monoisotopic (exact) mass is 564 g/mol. The van der Waals surface area contributed by atoms with E-state index in [9.17, 15) is 14.7 Å². The summed E-state index contributed by atoms with van der Waals surface area (Å²) in [5, 5.41) is 10.1. The number of aryl methyl sites for hydroxylation is 2. The van der Waals surface area contributed by atoms with E-state index >= 15 is 0 Å². The molecule has 1 fully saturated rings. The summed E-state index contributed by atoms with van der Waals surface area (Å²) >= 11 is 0. The van der Waals surface area contributed by atoms with Gasteiger partial charge < -0.3 is 26.4 Å². The van der Waals surface area contributed by atoms with E-state index < -0.39 is 5.60 Å². The molecule has 0 atom stereocenters. The van der Waals surface area contributed by atoms with Crippen LogP contribution in [0.25, 0.3) is 10.9 Å². The molecule has 3 rings (SSSR count). The van der Waals surface area contributed by atoms with Crippen LogP contribution in [-0.2, 0) is 11.8 Å². The summed E-state index contributed by atoms with van der Waals surface area (Å²) in [6.45, 7) is 8.58. The molecular weight excluding hydrogens is 542 g/mol. The second kappa shape index (κ2) is 8.41. The van der Waals surface area contributed by atoms with Crippen LogP contribution in [0.1, 0.15) is 43.5 Å². The summed E-state index contributed by atoms with van der Waals surface area (Å²) in [7, 11) is 1.61. The summed E-state index contributed by atoms with van der Waals surface area (Å²) in [4.78, 5) is 26.1. The molecule has 2 aromatic rings. The van der Waals surface area contributed by atoms with Gasteiger partial charge in [-0.2, -0.15) is 5.92 Å². The summed E-state index contributed by atoms with van der Waals surface area (Å²) in [5.74, 6) is 6.34. The van der Waals surface area contributed by atoms with Gasteiger partial charge in [0.2, 0.25) is 0 Å². The second-order valence-corrected chi connectivity index (χ2v) is 6.69. The molecule has 1 aliphatic rings. The number of pyridine rings is 1. The average Bonchev–Trinajstić information content (AvgIpc) is 3.19. The first kappa shape index (κ1) is 21.8. The molecule has 0 aromatic carbocycles. The van der Waals surface area contributed by atoms with Gasteiger partial charge in [0.25, 0.3) is 5.56 Å². The normalized spacial score (nSPS) is 13.2. The Morgan fingerprint density at radius 3 is 2.44 bits per heavy atom. The Hall–Kier alpha value is -1.27. The third-order valence-corrected chi connectivity index (χ3v) is 3.62. The number of carbonyl (C=O) groups excluding carboxylic acids is 1. The number of rotatable bonds is 1. The van der Waals surface area contributed by atoms with E-state index in [2.05, 4.69) is 23.7 Å². The van der Waals surface area contributed by atoms with Gasteiger partial charge in [-0.15, -0.1) is 5.56 Å². The van der Waals surface area contributed by atoms with Crippen molar-refractivity contribution in [3.63, 3.8) is 0 Å². The Balaban J connectivity index is 0.000000549.